The van der Waals surface area contributed by atoms with Crippen LogP contribution in [0.15, 0.2) is 0 Å². The fourth-order valence-electron chi connectivity index (χ4n) is 8.82. The van der Waals surface area contributed by atoms with Crippen molar-refractivity contribution in [2.75, 3.05) is 39.6 Å². The Morgan fingerprint density at radius 2 is 0.582 bits per heavy atom. The minimum atomic E-state index is -4.94. The molecule has 0 fully saturated rings. The standard InChI is InChI=1S/C60H116O17P2/c1-7-9-11-13-14-15-19-26-32-38-44-59(64)76-55(48-70-57(62)42-36-28-12-10-8-2)50-74-78(66,67)72-46-54(61)47-73-79(68,69)75-51-56(49-71-58(63)43-37-31-25-22-21-24-30-35-41-53(5)6)77-60(65)45-39-33-27-20-17-16-18-23-29-34-40-52(3)4/h52-56,61H,7-51H2,1-6H3,(H,66,67)(H,68,69)/t54-,55+,56+/m0/s1. The summed E-state index contributed by atoms with van der Waals surface area (Å²) in [6.07, 6.45) is 33.8. The Morgan fingerprint density at radius 1 is 0.342 bits per heavy atom. The Bertz CT molecular complexity index is 1560. The topological polar surface area (TPSA) is 237 Å². The molecule has 0 radical (unpaired) electrons. The van der Waals surface area contributed by atoms with E-state index in [0.717, 1.165) is 108 Å². The van der Waals surface area contributed by atoms with Gasteiger partial charge < -0.3 is 33.8 Å². The van der Waals surface area contributed by atoms with Crippen molar-refractivity contribution in [3.05, 3.63) is 0 Å². The van der Waals surface area contributed by atoms with Gasteiger partial charge in [0.25, 0.3) is 0 Å². The van der Waals surface area contributed by atoms with Crippen molar-refractivity contribution in [3.63, 3.8) is 0 Å². The molecule has 0 bridgehead atoms. The number of hydrogen-bond donors (Lipinski definition) is 3. The molecule has 2 unspecified atom stereocenters. The highest BCUT2D eigenvalue weighted by atomic mass is 31.2. The van der Waals surface area contributed by atoms with E-state index in [1.165, 1.54) is 103 Å². The molecule has 468 valence electrons. The lowest BCUT2D eigenvalue weighted by Gasteiger charge is -2.21. The van der Waals surface area contributed by atoms with Crippen LogP contribution in [0.5, 0.6) is 0 Å². The number of carbonyl (C=O) groups excluding carboxylic acids is 4. The van der Waals surface area contributed by atoms with Gasteiger partial charge in [-0.1, -0.05) is 241 Å². The lowest BCUT2D eigenvalue weighted by molar-refractivity contribution is -0.161. The summed E-state index contributed by atoms with van der Waals surface area (Å²) in [6.45, 7) is 9.32. The Kier molecular flexibility index (Phi) is 51.5. The molecule has 5 atom stereocenters. The first-order valence-electron chi connectivity index (χ1n) is 31.5. The third kappa shape index (κ3) is 55.0. The zero-order valence-corrected chi connectivity index (χ0v) is 52.4. The number of esters is 4. The smallest absolute Gasteiger partial charge is 0.462 e. The molecule has 0 aliphatic heterocycles. The number of carbonyl (C=O) groups is 4. The molecule has 0 saturated carbocycles. The minimum absolute atomic E-state index is 0.105. The van der Waals surface area contributed by atoms with Gasteiger partial charge in [0.2, 0.25) is 0 Å². The van der Waals surface area contributed by atoms with E-state index in [1.807, 2.05) is 0 Å². The van der Waals surface area contributed by atoms with E-state index in [9.17, 15) is 43.2 Å². The van der Waals surface area contributed by atoms with Crippen LogP contribution < -0.4 is 0 Å². The van der Waals surface area contributed by atoms with Crippen molar-refractivity contribution in [1.29, 1.82) is 0 Å². The molecule has 0 aliphatic rings. The van der Waals surface area contributed by atoms with Crippen molar-refractivity contribution < 1.29 is 80.2 Å². The van der Waals surface area contributed by atoms with Crippen molar-refractivity contribution in [1.82, 2.24) is 0 Å². The Hall–Kier alpha value is -1.94. The molecule has 79 heavy (non-hydrogen) atoms. The van der Waals surface area contributed by atoms with E-state index in [1.54, 1.807) is 0 Å². The van der Waals surface area contributed by atoms with Crippen molar-refractivity contribution in [2.24, 2.45) is 11.8 Å². The predicted octanol–water partition coefficient (Wildman–Crippen LogP) is 16.1. The van der Waals surface area contributed by atoms with Gasteiger partial charge in [-0.2, -0.15) is 0 Å². The van der Waals surface area contributed by atoms with Crippen LogP contribution in [0.3, 0.4) is 0 Å². The number of ether oxygens (including phenoxy) is 4. The molecule has 0 amide bonds. The highest BCUT2D eigenvalue weighted by Gasteiger charge is 2.30. The van der Waals surface area contributed by atoms with Crippen LogP contribution in [0.1, 0.15) is 292 Å². The Balaban J connectivity index is 5.19. The summed E-state index contributed by atoms with van der Waals surface area (Å²) < 4.78 is 67.6. The van der Waals surface area contributed by atoms with Gasteiger partial charge in [0.15, 0.2) is 12.2 Å². The van der Waals surface area contributed by atoms with Gasteiger partial charge in [0.05, 0.1) is 26.4 Å². The third-order valence-corrected chi connectivity index (χ3v) is 15.6. The van der Waals surface area contributed by atoms with E-state index < -0.39 is 97.5 Å². The zero-order valence-electron chi connectivity index (χ0n) is 50.7. The molecule has 0 aromatic rings. The predicted molar refractivity (Wildman–Crippen MR) is 312 cm³/mol. The number of aliphatic hydroxyl groups is 1. The molecular formula is C60H116O17P2. The largest absolute Gasteiger partial charge is 0.472 e. The average molecular weight is 1170 g/mol. The van der Waals surface area contributed by atoms with Gasteiger partial charge in [0, 0.05) is 25.7 Å². The first-order chi connectivity index (χ1) is 37.9. The van der Waals surface area contributed by atoms with Crippen LogP contribution in [0, 0.1) is 11.8 Å². The summed E-state index contributed by atoms with van der Waals surface area (Å²) in [7, 11) is -9.87. The Morgan fingerprint density at radius 3 is 0.861 bits per heavy atom. The lowest BCUT2D eigenvalue weighted by atomic mass is 10.0. The molecule has 0 heterocycles. The highest BCUT2D eigenvalue weighted by Crippen LogP contribution is 2.45. The normalized spacial score (nSPS) is 14.4. The molecule has 0 aliphatic carbocycles. The molecule has 3 N–H and O–H groups in total. The first kappa shape index (κ1) is 77.1. The molecule has 0 spiro atoms. The average Bonchev–Trinajstić information content (AvgIpc) is 3.40. The number of phosphoric acid groups is 2. The second kappa shape index (κ2) is 52.8. The molecule has 0 saturated heterocycles. The van der Waals surface area contributed by atoms with Crippen LogP contribution in [0.2, 0.25) is 0 Å². The van der Waals surface area contributed by atoms with Crippen LogP contribution in [0.4, 0.5) is 0 Å². The summed E-state index contributed by atoms with van der Waals surface area (Å²) >= 11 is 0. The van der Waals surface area contributed by atoms with E-state index in [4.69, 9.17) is 37.0 Å². The van der Waals surface area contributed by atoms with Crippen LogP contribution >= 0.6 is 15.6 Å². The summed E-state index contributed by atoms with van der Waals surface area (Å²) in [5.41, 5.74) is 0. The maximum absolute atomic E-state index is 12.9. The molecule has 19 heteroatoms. The van der Waals surface area contributed by atoms with Crippen LogP contribution in [-0.4, -0.2) is 96.7 Å². The number of aliphatic hydroxyl groups excluding tert-OH is 1. The summed E-state index contributed by atoms with van der Waals surface area (Å²) in [6, 6.07) is 0. The number of phosphoric ester groups is 2. The zero-order chi connectivity index (χ0) is 58.7. The fourth-order valence-corrected chi connectivity index (χ4v) is 10.4. The minimum Gasteiger partial charge on any atom is -0.462 e. The first-order valence-corrected chi connectivity index (χ1v) is 34.5. The lowest BCUT2D eigenvalue weighted by Crippen LogP contribution is -2.30. The monoisotopic (exact) mass is 1170 g/mol. The molecular weight excluding hydrogens is 1050 g/mol. The highest BCUT2D eigenvalue weighted by molar-refractivity contribution is 7.47. The van der Waals surface area contributed by atoms with Crippen LogP contribution in [-0.2, 0) is 65.4 Å². The second-order valence-electron chi connectivity index (χ2n) is 22.7. The summed E-state index contributed by atoms with van der Waals surface area (Å²) in [4.78, 5) is 71.8. The summed E-state index contributed by atoms with van der Waals surface area (Å²) in [5, 5.41) is 10.5. The summed E-state index contributed by atoms with van der Waals surface area (Å²) in [5.74, 6) is -0.672. The second-order valence-corrected chi connectivity index (χ2v) is 25.6. The Labute approximate surface area is 479 Å². The van der Waals surface area contributed by atoms with Gasteiger partial charge in [-0.25, -0.2) is 9.13 Å². The van der Waals surface area contributed by atoms with E-state index in [0.29, 0.717) is 25.7 Å². The van der Waals surface area contributed by atoms with E-state index in [2.05, 4.69) is 41.5 Å². The molecule has 17 nitrogen and oxygen atoms in total. The van der Waals surface area contributed by atoms with Gasteiger partial charge >= 0.3 is 39.5 Å². The molecule has 0 rings (SSSR count). The van der Waals surface area contributed by atoms with E-state index in [-0.39, 0.29) is 25.7 Å². The fraction of sp³-hybridized carbons (Fsp3) is 0.933. The van der Waals surface area contributed by atoms with Gasteiger partial charge in [-0.3, -0.25) is 37.3 Å². The number of hydrogen-bond acceptors (Lipinski definition) is 15. The molecule has 0 aromatic carbocycles. The molecule has 0 aromatic heterocycles. The SMILES string of the molecule is CCCCCCCCCCCCC(=O)O[C@H](COC(=O)CCCCCCC)COP(=O)(O)OC[C@H](O)COP(=O)(O)OC[C@@H](COC(=O)CCCCCCCCCCC(C)C)OC(=O)CCCCCCCCCCCCC(C)C. The maximum atomic E-state index is 12.9. The van der Waals surface area contributed by atoms with Crippen molar-refractivity contribution in [3.8, 4) is 0 Å². The van der Waals surface area contributed by atoms with Gasteiger partial charge in [-0.05, 0) is 37.5 Å². The third-order valence-electron chi connectivity index (χ3n) is 13.7. The number of unbranched alkanes of at least 4 members (excludes halogenated alkanes) is 29. The van der Waals surface area contributed by atoms with Crippen LogP contribution in [0.25, 0.3) is 0 Å². The quantitative estimate of drug-likeness (QED) is 0.0222. The van der Waals surface area contributed by atoms with E-state index >= 15 is 0 Å². The van der Waals surface area contributed by atoms with Crippen molar-refractivity contribution >= 4 is 39.5 Å². The van der Waals surface area contributed by atoms with Gasteiger partial charge in [0.1, 0.15) is 19.3 Å². The number of rotatable bonds is 59. The van der Waals surface area contributed by atoms with Crippen molar-refractivity contribution in [2.45, 2.75) is 310 Å². The van der Waals surface area contributed by atoms with Gasteiger partial charge in [-0.15, -0.1) is 0 Å². The maximum Gasteiger partial charge on any atom is 0.472 e.